The molecule has 1 aliphatic rings. The predicted octanol–water partition coefficient (Wildman–Crippen LogP) is 2.29. The van der Waals surface area contributed by atoms with Crippen LogP contribution in [0.15, 0.2) is 24.3 Å². The van der Waals surface area contributed by atoms with E-state index in [0.717, 1.165) is 13.1 Å². The summed E-state index contributed by atoms with van der Waals surface area (Å²) in [5.41, 5.74) is 5.55. The Kier molecular flexibility index (Phi) is 2.19. The van der Waals surface area contributed by atoms with Gasteiger partial charge in [-0.2, -0.15) is 0 Å². The van der Waals surface area contributed by atoms with Crippen LogP contribution < -0.4 is 5.32 Å². The molecule has 1 aliphatic heterocycles. The highest BCUT2D eigenvalue weighted by Crippen LogP contribution is 2.19. The largest absolute Gasteiger partial charge is 0.309 e. The first kappa shape index (κ1) is 8.52. The summed E-state index contributed by atoms with van der Waals surface area (Å²) in [6.07, 6.45) is 2.27. The summed E-state index contributed by atoms with van der Waals surface area (Å²) in [6.45, 7) is 6.35. The van der Waals surface area contributed by atoms with E-state index < -0.39 is 0 Å². The van der Waals surface area contributed by atoms with Crippen LogP contribution in [0.5, 0.6) is 0 Å². The summed E-state index contributed by atoms with van der Waals surface area (Å²) >= 11 is 0. The molecule has 1 nitrogen and oxygen atoms in total. The molecule has 68 valence electrons. The van der Waals surface area contributed by atoms with Gasteiger partial charge in [0.1, 0.15) is 0 Å². The highest BCUT2D eigenvalue weighted by atomic mass is 14.9. The summed E-state index contributed by atoms with van der Waals surface area (Å²) in [6, 6.07) is 6.68. The zero-order valence-electron chi connectivity index (χ0n) is 8.22. The van der Waals surface area contributed by atoms with E-state index in [1.807, 2.05) is 0 Å². The minimum atomic E-state index is 1.02. The van der Waals surface area contributed by atoms with Crippen molar-refractivity contribution in [3.05, 3.63) is 41.0 Å². The van der Waals surface area contributed by atoms with Crippen molar-refractivity contribution in [2.75, 3.05) is 13.1 Å². The van der Waals surface area contributed by atoms with E-state index >= 15 is 0 Å². The first-order chi connectivity index (χ1) is 6.27. The highest BCUT2D eigenvalue weighted by molar-refractivity contribution is 5.69. The van der Waals surface area contributed by atoms with Gasteiger partial charge in [0.25, 0.3) is 0 Å². The van der Waals surface area contributed by atoms with Crippen LogP contribution in [-0.2, 0) is 0 Å². The molecule has 0 atom stereocenters. The first-order valence-electron chi connectivity index (χ1n) is 4.75. The molecule has 0 unspecified atom stereocenters. The topological polar surface area (TPSA) is 12.0 Å². The molecule has 0 saturated carbocycles. The van der Waals surface area contributed by atoms with Crippen LogP contribution in [0, 0.1) is 13.8 Å². The van der Waals surface area contributed by atoms with E-state index in [1.54, 1.807) is 0 Å². The molecule has 2 rings (SSSR count). The Morgan fingerprint density at radius 3 is 2.62 bits per heavy atom. The van der Waals surface area contributed by atoms with Gasteiger partial charge in [0, 0.05) is 13.1 Å². The second kappa shape index (κ2) is 3.35. The van der Waals surface area contributed by atoms with Crippen molar-refractivity contribution in [2.45, 2.75) is 13.8 Å². The molecular formula is C12H15N. The van der Waals surface area contributed by atoms with E-state index in [-0.39, 0.29) is 0 Å². The van der Waals surface area contributed by atoms with Crippen molar-refractivity contribution in [3.63, 3.8) is 0 Å². The van der Waals surface area contributed by atoms with Crippen LogP contribution in [0.25, 0.3) is 5.57 Å². The number of hydrogen-bond acceptors (Lipinski definition) is 1. The predicted molar refractivity (Wildman–Crippen MR) is 56.8 cm³/mol. The molecular weight excluding hydrogens is 158 g/mol. The maximum Gasteiger partial charge on any atom is 0.0211 e. The smallest absolute Gasteiger partial charge is 0.0211 e. The van der Waals surface area contributed by atoms with Crippen molar-refractivity contribution in [1.29, 1.82) is 0 Å². The van der Waals surface area contributed by atoms with Crippen molar-refractivity contribution in [1.82, 2.24) is 5.32 Å². The second-order valence-electron chi connectivity index (χ2n) is 3.66. The third-order valence-electron chi connectivity index (χ3n) is 2.69. The quantitative estimate of drug-likeness (QED) is 0.687. The van der Waals surface area contributed by atoms with Gasteiger partial charge in [-0.15, -0.1) is 0 Å². The van der Waals surface area contributed by atoms with E-state index in [0.29, 0.717) is 0 Å². The SMILES string of the molecule is Cc1ccc(C2=CCNC2)cc1C. The van der Waals surface area contributed by atoms with Crippen LogP contribution >= 0.6 is 0 Å². The Balaban J connectivity index is 2.36. The third kappa shape index (κ3) is 1.65. The lowest BCUT2D eigenvalue weighted by Gasteiger charge is -2.05. The van der Waals surface area contributed by atoms with Gasteiger partial charge in [-0.1, -0.05) is 24.3 Å². The lowest BCUT2D eigenvalue weighted by atomic mass is 10.0. The van der Waals surface area contributed by atoms with E-state index in [4.69, 9.17) is 0 Å². The van der Waals surface area contributed by atoms with Gasteiger partial charge in [-0.25, -0.2) is 0 Å². The molecule has 0 amide bonds. The maximum atomic E-state index is 3.31. The molecule has 0 spiro atoms. The van der Waals surface area contributed by atoms with Gasteiger partial charge in [0.2, 0.25) is 0 Å². The lowest BCUT2D eigenvalue weighted by Crippen LogP contribution is -2.07. The Hall–Kier alpha value is -1.08. The fourth-order valence-electron chi connectivity index (χ4n) is 1.64. The Morgan fingerprint density at radius 2 is 2.00 bits per heavy atom. The van der Waals surface area contributed by atoms with Crippen molar-refractivity contribution in [3.8, 4) is 0 Å². The molecule has 1 N–H and O–H groups in total. The number of aryl methyl sites for hydroxylation is 2. The fourth-order valence-corrected chi connectivity index (χ4v) is 1.64. The van der Waals surface area contributed by atoms with Crippen LogP contribution in [0.1, 0.15) is 16.7 Å². The molecule has 0 aliphatic carbocycles. The third-order valence-corrected chi connectivity index (χ3v) is 2.69. The van der Waals surface area contributed by atoms with Gasteiger partial charge in [0.05, 0.1) is 0 Å². The lowest BCUT2D eigenvalue weighted by molar-refractivity contribution is 0.897. The van der Waals surface area contributed by atoms with E-state index in [1.165, 1.54) is 22.3 Å². The van der Waals surface area contributed by atoms with Crippen LogP contribution in [-0.4, -0.2) is 13.1 Å². The van der Waals surface area contributed by atoms with Crippen LogP contribution in [0.3, 0.4) is 0 Å². The molecule has 13 heavy (non-hydrogen) atoms. The summed E-state index contributed by atoms with van der Waals surface area (Å²) in [7, 11) is 0. The number of nitrogens with one attached hydrogen (secondary N) is 1. The normalized spacial score (nSPS) is 16.0. The zero-order valence-corrected chi connectivity index (χ0v) is 8.22. The van der Waals surface area contributed by atoms with Crippen molar-refractivity contribution < 1.29 is 0 Å². The molecule has 1 heteroatoms. The molecule has 0 radical (unpaired) electrons. The molecule has 1 aromatic carbocycles. The van der Waals surface area contributed by atoms with Gasteiger partial charge >= 0.3 is 0 Å². The van der Waals surface area contributed by atoms with E-state index in [9.17, 15) is 0 Å². The fraction of sp³-hybridized carbons (Fsp3) is 0.333. The summed E-state index contributed by atoms with van der Waals surface area (Å²) in [4.78, 5) is 0. The number of hydrogen-bond donors (Lipinski definition) is 1. The van der Waals surface area contributed by atoms with Crippen LogP contribution in [0.4, 0.5) is 0 Å². The number of rotatable bonds is 1. The zero-order chi connectivity index (χ0) is 9.26. The molecule has 1 heterocycles. The standard InChI is InChI=1S/C12H15N/c1-9-3-4-11(7-10(9)2)12-5-6-13-8-12/h3-5,7,13H,6,8H2,1-2H3. The monoisotopic (exact) mass is 173 g/mol. The van der Waals surface area contributed by atoms with Gasteiger partial charge in [-0.3, -0.25) is 0 Å². The molecule has 0 saturated heterocycles. The van der Waals surface area contributed by atoms with Gasteiger partial charge in [0.15, 0.2) is 0 Å². The minimum absolute atomic E-state index is 1.02. The molecule has 1 aromatic rings. The summed E-state index contributed by atoms with van der Waals surface area (Å²) in [5.74, 6) is 0. The van der Waals surface area contributed by atoms with Gasteiger partial charge < -0.3 is 5.32 Å². The molecule has 0 bridgehead atoms. The minimum Gasteiger partial charge on any atom is -0.309 e. The Labute approximate surface area is 79.5 Å². The average Bonchev–Trinajstić information content (AvgIpc) is 2.62. The van der Waals surface area contributed by atoms with Gasteiger partial charge in [-0.05, 0) is 36.1 Å². The molecule has 0 fully saturated rings. The summed E-state index contributed by atoms with van der Waals surface area (Å²) in [5, 5.41) is 3.31. The van der Waals surface area contributed by atoms with Crippen molar-refractivity contribution >= 4 is 5.57 Å². The van der Waals surface area contributed by atoms with Crippen molar-refractivity contribution in [2.24, 2.45) is 0 Å². The average molecular weight is 173 g/mol. The maximum absolute atomic E-state index is 3.31. The Morgan fingerprint density at radius 1 is 1.15 bits per heavy atom. The molecule has 0 aromatic heterocycles. The first-order valence-corrected chi connectivity index (χ1v) is 4.75. The number of benzene rings is 1. The highest BCUT2D eigenvalue weighted by Gasteiger charge is 2.06. The second-order valence-corrected chi connectivity index (χ2v) is 3.66. The Bertz CT molecular complexity index is 350. The van der Waals surface area contributed by atoms with Crippen LogP contribution in [0.2, 0.25) is 0 Å². The van der Waals surface area contributed by atoms with E-state index in [2.05, 4.69) is 43.4 Å². The summed E-state index contributed by atoms with van der Waals surface area (Å²) < 4.78 is 0.